The van der Waals surface area contributed by atoms with Crippen molar-refractivity contribution in [1.29, 1.82) is 0 Å². The minimum absolute atomic E-state index is 0.0317. The van der Waals surface area contributed by atoms with E-state index in [2.05, 4.69) is 67.7 Å². The molecule has 0 saturated carbocycles. The van der Waals surface area contributed by atoms with Crippen molar-refractivity contribution in [2.24, 2.45) is 0 Å². The van der Waals surface area contributed by atoms with Crippen LogP contribution in [-0.2, 0) is 4.74 Å². The lowest BCUT2D eigenvalue weighted by molar-refractivity contribution is -0.00832. The number of piperidine rings is 1. The molecule has 0 radical (unpaired) electrons. The second kappa shape index (κ2) is 7.08. The summed E-state index contributed by atoms with van der Waals surface area (Å²) < 4.78 is 6.56. The van der Waals surface area contributed by atoms with Gasteiger partial charge in [0.15, 0.2) is 0 Å². The summed E-state index contributed by atoms with van der Waals surface area (Å²) in [4.78, 5) is 0. The smallest absolute Gasteiger partial charge is 0.108 e. The molecule has 22 heavy (non-hydrogen) atoms. The van der Waals surface area contributed by atoms with E-state index in [-0.39, 0.29) is 6.10 Å². The molecule has 1 aliphatic heterocycles. The van der Waals surface area contributed by atoms with Crippen molar-refractivity contribution in [3.63, 3.8) is 0 Å². The van der Waals surface area contributed by atoms with E-state index in [9.17, 15) is 0 Å². The normalized spacial score (nSPS) is 17.4. The first-order chi connectivity index (χ1) is 10.7. The minimum atomic E-state index is 0.0317. The van der Waals surface area contributed by atoms with Crippen molar-refractivity contribution >= 4 is 0 Å². The van der Waals surface area contributed by atoms with Crippen LogP contribution in [0.25, 0.3) is 0 Å². The van der Waals surface area contributed by atoms with Gasteiger partial charge < -0.3 is 10.1 Å². The van der Waals surface area contributed by atoms with Crippen LogP contribution in [0.1, 0.15) is 41.2 Å². The summed E-state index contributed by atoms with van der Waals surface area (Å²) in [5, 5.41) is 3.41. The summed E-state index contributed by atoms with van der Waals surface area (Å²) in [5.74, 6) is 0. The summed E-state index contributed by atoms with van der Waals surface area (Å²) >= 11 is 0. The Bertz CT molecular complexity index is 617. The highest BCUT2D eigenvalue weighted by Gasteiger charge is 2.23. The highest BCUT2D eigenvalue weighted by atomic mass is 16.5. The van der Waals surface area contributed by atoms with Gasteiger partial charge in [-0.1, -0.05) is 54.1 Å². The van der Waals surface area contributed by atoms with Gasteiger partial charge in [-0.3, -0.25) is 0 Å². The largest absolute Gasteiger partial charge is 0.365 e. The number of aryl methyl sites for hydroxylation is 2. The second-order valence-corrected chi connectivity index (χ2v) is 6.24. The zero-order chi connectivity index (χ0) is 15.4. The van der Waals surface area contributed by atoms with Gasteiger partial charge in [-0.2, -0.15) is 0 Å². The van der Waals surface area contributed by atoms with E-state index in [1.54, 1.807) is 0 Å². The van der Waals surface area contributed by atoms with E-state index >= 15 is 0 Å². The molecular formula is C20H25NO. The van der Waals surface area contributed by atoms with E-state index in [4.69, 9.17) is 4.74 Å². The maximum atomic E-state index is 6.56. The predicted octanol–water partition coefficient (Wildman–Crippen LogP) is 4.16. The average molecular weight is 295 g/mol. The molecule has 0 spiro atoms. The Morgan fingerprint density at radius 2 is 1.77 bits per heavy atom. The van der Waals surface area contributed by atoms with Gasteiger partial charge in [0.05, 0.1) is 6.10 Å². The van der Waals surface area contributed by atoms with Crippen LogP contribution in [0.4, 0.5) is 0 Å². The molecule has 2 aromatic carbocycles. The van der Waals surface area contributed by atoms with Crippen LogP contribution in [0, 0.1) is 13.8 Å². The summed E-state index contributed by atoms with van der Waals surface area (Å²) in [6.07, 6.45) is 2.55. The van der Waals surface area contributed by atoms with E-state index in [0.717, 1.165) is 25.9 Å². The van der Waals surface area contributed by atoms with Crippen LogP contribution in [0.15, 0.2) is 48.5 Å². The molecule has 1 fully saturated rings. The van der Waals surface area contributed by atoms with Crippen molar-refractivity contribution in [3.8, 4) is 0 Å². The van der Waals surface area contributed by atoms with Crippen molar-refractivity contribution in [2.75, 3.05) is 13.1 Å². The Labute approximate surface area is 133 Å². The van der Waals surface area contributed by atoms with Gasteiger partial charge >= 0.3 is 0 Å². The standard InChI is InChI=1S/C20H25NO/c1-15-6-5-8-17(14-15)20(19-9-4-3-7-16(19)2)22-18-10-12-21-13-11-18/h3-9,14,18,20-21H,10-13H2,1-2H3. The molecular weight excluding hydrogens is 270 g/mol. The SMILES string of the molecule is Cc1cccc(C(OC2CCNCC2)c2ccccc2C)c1. The molecule has 1 saturated heterocycles. The summed E-state index contributed by atoms with van der Waals surface area (Å²) in [6.45, 7) is 6.42. The first-order valence-corrected chi connectivity index (χ1v) is 8.22. The predicted molar refractivity (Wildman–Crippen MR) is 91.2 cm³/mol. The number of hydrogen-bond donors (Lipinski definition) is 1. The van der Waals surface area contributed by atoms with Gasteiger partial charge in [0, 0.05) is 0 Å². The third kappa shape index (κ3) is 3.57. The van der Waals surface area contributed by atoms with Crippen LogP contribution < -0.4 is 5.32 Å². The van der Waals surface area contributed by atoms with Gasteiger partial charge in [-0.15, -0.1) is 0 Å². The first kappa shape index (κ1) is 15.3. The Morgan fingerprint density at radius 1 is 1.00 bits per heavy atom. The number of rotatable bonds is 4. The number of ether oxygens (including phenoxy) is 1. The van der Waals surface area contributed by atoms with Crippen molar-refractivity contribution in [1.82, 2.24) is 5.32 Å². The quantitative estimate of drug-likeness (QED) is 0.914. The van der Waals surface area contributed by atoms with Crippen LogP contribution in [0.3, 0.4) is 0 Å². The highest BCUT2D eigenvalue weighted by molar-refractivity contribution is 5.36. The number of benzene rings is 2. The molecule has 1 aliphatic rings. The average Bonchev–Trinajstić information content (AvgIpc) is 2.54. The zero-order valence-corrected chi connectivity index (χ0v) is 13.5. The molecule has 1 N–H and O–H groups in total. The van der Waals surface area contributed by atoms with Crippen LogP contribution >= 0.6 is 0 Å². The van der Waals surface area contributed by atoms with Crippen LogP contribution in [-0.4, -0.2) is 19.2 Å². The Hall–Kier alpha value is -1.64. The molecule has 2 heteroatoms. The van der Waals surface area contributed by atoms with Gasteiger partial charge in [-0.05, 0) is 56.5 Å². The lowest BCUT2D eigenvalue weighted by Crippen LogP contribution is -2.33. The lowest BCUT2D eigenvalue weighted by Gasteiger charge is -2.29. The number of nitrogens with one attached hydrogen (secondary N) is 1. The lowest BCUT2D eigenvalue weighted by atomic mass is 9.95. The molecule has 1 atom stereocenters. The van der Waals surface area contributed by atoms with Crippen molar-refractivity contribution < 1.29 is 4.74 Å². The van der Waals surface area contributed by atoms with Crippen molar-refractivity contribution in [2.45, 2.75) is 38.9 Å². The third-order valence-corrected chi connectivity index (χ3v) is 4.43. The molecule has 0 bridgehead atoms. The Morgan fingerprint density at radius 3 is 2.50 bits per heavy atom. The zero-order valence-electron chi connectivity index (χ0n) is 13.5. The maximum Gasteiger partial charge on any atom is 0.108 e. The minimum Gasteiger partial charge on any atom is -0.365 e. The molecule has 0 aromatic heterocycles. The second-order valence-electron chi connectivity index (χ2n) is 6.24. The molecule has 116 valence electrons. The van der Waals surface area contributed by atoms with Gasteiger partial charge in [0.2, 0.25) is 0 Å². The Kier molecular flexibility index (Phi) is 4.91. The fourth-order valence-electron chi connectivity index (χ4n) is 3.17. The fraction of sp³-hybridized carbons (Fsp3) is 0.400. The summed E-state index contributed by atoms with van der Waals surface area (Å²) in [6, 6.07) is 17.3. The molecule has 2 aromatic rings. The van der Waals surface area contributed by atoms with Crippen LogP contribution in [0.2, 0.25) is 0 Å². The molecule has 3 rings (SSSR count). The van der Waals surface area contributed by atoms with E-state index in [0.29, 0.717) is 6.10 Å². The summed E-state index contributed by atoms with van der Waals surface area (Å²) in [5.41, 5.74) is 5.12. The first-order valence-electron chi connectivity index (χ1n) is 8.22. The molecule has 0 amide bonds. The number of hydrogen-bond acceptors (Lipinski definition) is 2. The molecule has 1 heterocycles. The topological polar surface area (TPSA) is 21.3 Å². The van der Waals surface area contributed by atoms with E-state index in [1.165, 1.54) is 22.3 Å². The van der Waals surface area contributed by atoms with Gasteiger partial charge in [-0.25, -0.2) is 0 Å². The fourth-order valence-corrected chi connectivity index (χ4v) is 3.17. The van der Waals surface area contributed by atoms with Crippen molar-refractivity contribution in [3.05, 3.63) is 70.8 Å². The van der Waals surface area contributed by atoms with E-state index in [1.807, 2.05) is 0 Å². The third-order valence-electron chi connectivity index (χ3n) is 4.43. The Balaban J connectivity index is 1.93. The molecule has 2 nitrogen and oxygen atoms in total. The maximum absolute atomic E-state index is 6.56. The van der Waals surface area contributed by atoms with Crippen LogP contribution in [0.5, 0.6) is 0 Å². The molecule has 0 aliphatic carbocycles. The monoisotopic (exact) mass is 295 g/mol. The van der Waals surface area contributed by atoms with Gasteiger partial charge in [0.25, 0.3) is 0 Å². The highest BCUT2D eigenvalue weighted by Crippen LogP contribution is 2.31. The molecule has 1 unspecified atom stereocenters. The van der Waals surface area contributed by atoms with E-state index < -0.39 is 0 Å². The van der Waals surface area contributed by atoms with Gasteiger partial charge in [0.1, 0.15) is 6.10 Å². The summed E-state index contributed by atoms with van der Waals surface area (Å²) in [7, 11) is 0.